The van der Waals surface area contributed by atoms with Crippen molar-refractivity contribution in [3.63, 3.8) is 0 Å². The third-order valence-electron chi connectivity index (χ3n) is 1.86. The van der Waals surface area contributed by atoms with Crippen molar-refractivity contribution in [2.75, 3.05) is 6.61 Å². The summed E-state index contributed by atoms with van der Waals surface area (Å²) >= 11 is 0. The summed E-state index contributed by atoms with van der Waals surface area (Å²) in [6, 6.07) is 7.56. The van der Waals surface area contributed by atoms with Crippen LogP contribution in [0.25, 0.3) is 0 Å². The lowest BCUT2D eigenvalue weighted by Gasteiger charge is -2.12. The van der Waals surface area contributed by atoms with Crippen molar-refractivity contribution in [3.05, 3.63) is 24.3 Å². The molecule has 1 aliphatic heterocycles. The van der Waals surface area contributed by atoms with Gasteiger partial charge in [-0.3, -0.25) is 0 Å². The van der Waals surface area contributed by atoms with Crippen molar-refractivity contribution in [2.24, 2.45) is 5.92 Å². The summed E-state index contributed by atoms with van der Waals surface area (Å²) in [5.41, 5.74) is 0. The first-order chi connectivity index (χ1) is 6.75. The zero-order valence-electron chi connectivity index (χ0n) is 8.40. The van der Waals surface area contributed by atoms with Gasteiger partial charge in [0.05, 0.1) is 6.61 Å². The van der Waals surface area contributed by atoms with E-state index in [1.54, 1.807) is 0 Å². The molecule has 0 atom stereocenters. The highest BCUT2D eigenvalue weighted by molar-refractivity contribution is 5.41. The maximum Gasteiger partial charge on any atom is 0.361 e. The first kappa shape index (κ1) is 9.34. The van der Waals surface area contributed by atoms with E-state index in [0.717, 1.165) is 11.5 Å². The molecule has 76 valence electrons. The summed E-state index contributed by atoms with van der Waals surface area (Å²) in [7, 11) is 0. The van der Waals surface area contributed by atoms with Crippen molar-refractivity contribution in [2.45, 2.75) is 20.3 Å². The molecular weight excluding hydrogens is 180 g/mol. The Morgan fingerprint density at radius 2 is 1.79 bits per heavy atom. The van der Waals surface area contributed by atoms with Crippen molar-refractivity contribution in [1.82, 2.24) is 0 Å². The number of hydrogen-bond donors (Lipinski definition) is 0. The average molecular weight is 194 g/mol. The lowest BCUT2D eigenvalue weighted by molar-refractivity contribution is -0.182. The van der Waals surface area contributed by atoms with E-state index in [2.05, 4.69) is 13.8 Å². The van der Waals surface area contributed by atoms with Gasteiger partial charge < -0.3 is 14.2 Å². The Morgan fingerprint density at radius 3 is 2.29 bits per heavy atom. The maximum absolute atomic E-state index is 5.41. The molecule has 1 aromatic rings. The van der Waals surface area contributed by atoms with Gasteiger partial charge in [-0.05, 0) is 18.1 Å². The van der Waals surface area contributed by atoms with E-state index in [-0.39, 0.29) is 0 Å². The Morgan fingerprint density at radius 1 is 1.21 bits per heavy atom. The Labute approximate surface area is 83.6 Å². The Bertz CT molecular complexity index is 284. The Hall–Kier alpha value is -1.22. The van der Waals surface area contributed by atoms with Gasteiger partial charge in [-0.2, -0.15) is 0 Å². The predicted molar refractivity (Wildman–Crippen MR) is 52.3 cm³/mol. The van der Waals surface area contributed by atoms with E-state index >= 15 is 0 Å². The van der Waals surface area contributed by atoms with Crippen molar-refractivity contribution < 1.29 is 14.2 Å². The summed E-state index contributed by atoms with van der Waals surface area (Å²) in [6.07, 6.45) is 0. The van der Waals surface area contributed by atoms with E-state index in [4.69, 9.17) is 14.2 Å². The lowest BCUT2D eigenvalue weighted by atomic mass is 10.2. The average Bonchev–Trinajstić information content (AvgIpc) is 2.57. The molecule has 0 saturated heterocycles. The van der Waals surface area contributed by atoms with Gasteiger partial charge in [0.15, 0.2) is 11.5 Å². The molecule has 3 heteroatoms. The SMILES string of the molecule is CC(C)COC1Oc2ccccc2O1. The fourth-order valence-electron chi connectivity index (χ4n) is 1.22. The molecule has 3 nitrogen and oxygen atoms in total. The molecule has 1 aromatic carbocycles. The molecule has 0 spiro atoms. The van der Waals surface area contributed by atoms with Crippen molar-refractivity contribution >= 4 is 0 Å². The number of fused-ring (bicyclic) bond motifs is 1. The number of ether oxygens (including phenoxy) is 3. The van der Waals surface area contributed by atoms with Crippen LogP contribution in [-0.4, -0.2) is 13.1 Å². The Balaban J connectivity index is 1.92. The fraction of sp³-hybridized carbons (Fsp3) is 0.455. The highest BCUT2D eigenvalue weighted by Gasteiger charge is 2.24. The van der Waals surface area contributed by atoms with E-state index in [1.165, 1.54) is 0 Å². The Kier molecular flexibility index (Phi) is 2.59. The van der Waals surface area contributed by atoms with Crippen molar-refractivity contribution in [3.8, 4) is 11.5 Å². The topological polar surface area (TPSA) is 27.7 Å². The second-order valence-corrected chi connectivity index (χ2v) is 3.70. The molecular formula is C11H14O3. The summed E-state index contributed by atoms with van der Waals surface area (Å²) in [5, 5.41) is 0. The highest BCUT2D eigenvalue weighted by atomic mass is 16.9. The summed E-state index contributed by atoms with van der Waals surface area (Å²) in [6.45, 7) is 4.23. The monoisotopic (exact) mass is 194 g/mol. The molecule has 0 N–H and O–H groups in total. The number of benzene rings is 1. The third kappa shape index (κ3) is 1.99. The summed E-state index contributed by atoms with van der Waals surface area (Å²) in [4.78, 5) is 0. The molecule has 0 amide bonds. The molecule has 0 radical (unpaired) electrons. The molecule has 0 aliphatic carbocycles. The van der Waals surface area contributed by atoms with Gasteiger partial charge in [0.25, 0.3) is 0 Å². The quantitative estimate of drug-likeness (QED) is 0.739. The van der Waals surface area contributed by atoms with Gasteiger partial charge in [-0.1, -0.05) is 26.0 Å². The van der Waals surface area contributed by atoms with E-state index in [1.807, 2.05) is 24.3 Å². The third-order valence-corrected chi connectivity index (χ3v) is 1.86. The smallest absolute Gasteiger partial charge is 0.361 e. The van der Waals surface area contributed by atoms with Crippen LogP contribution in [0.2, 0.25) is 0 Å². The number of para-hydroxylation sites is 2. The molecule has 14 heavy (non-hydrogen) atoms. The maximum atomic E-state index is 5.41. The van der Waals surface area contributed by atoms with Crippen LogP contribution in [0, 0.1) is 5.92 Å². The summed E-state index contributed by atoms with van der Waals surface area (Å²) < 4.78 is 16.2. The molecule has 1 aliphatic rings. The fourth-order valence-corrected chi connectivity index (χ4v) is 1.22. The minimum absolute atomic E-state index is 0.478. The molecule has 0 aromatic heterocycles. The molecule has 0 unspecified atom stereocenters. The second-order valence-electron chi connectivity index (χ2n) is 3.70. The van der Waals surface area contributed by atoms with Crippen molar-refractivity contribution in [1.29, 1.82) is 0 Å². The van der Waals surface area contributed by atoms with Gasteiger partial charge in [-0.15, -0.1) is 0 Å². The first-order valence-electron chi connectivity index (χ1n) is 4.79. The highest BCUT2D eigenvalue weighted by Crippen LogP contribution is 2.34. The predicted octanol–water partition coefficient (Wildman–Crippen LogP) is 2.41. The molecule has 0 saturated carbocycles. The standard InChI is InChI=1S/C11H14O3/c1-8(2)7-12-11-13-9-5-3-4-6-10(9)14-11/h3-6,8,11H,7H2,1-2H3. The van der Waals surface area contributed by atoms with Gasteiger partial charge in [0.1, 0.15) is 0 Å². The van der Waals surface area contributed by atoms with E-state index in [9.17, 15) is 0 Å². The molecule has 0 fully saturated rings. The minimum Gasteiger partial charge on any atom is -0.428 e. The zero-order chi connectivity index (χ0) is 9.97. The molecule has 0 bridgehead atoms. The van der Waals surface area contributed by atoms with Crippen LogP contribution in [0.3, 0.4) is 0 Å². The van der Waals surface area contributed by atoms with Crippen LogP contribution < -0.4 is 9.47 Å². The first-order valence-corrected chi connectivity index (χ1v) is 4.79. The second kappa shape index (κ2) is 3.88. The molecule has 1 heterocycles. The van der Waals surface area contributed by atoms with Crippen LogP contribution in [0.5, 0.6) is 11.5 Å². The van der Waals surface area contributed by atoms with Gasteiger partial charge in [0.2, 0.25) is 0 Å². The van der Waals surface area contributed by atoms with Crippen LogP contribution in [0.1, 0.15) is 13.8 Å². The van der Waals surface area contributed by atoms with Gasteiger partial charge in [-0.25, -0.2) is 0 Å². The normalized spacial score (nSPS) is 15.1. The largest absolute Gasteiger partial charge is 0.428 e. The zero-order valence-corrected chi connectivity index (χ0v) is 8.40. The number of rotatable bonds is 3. The van der Waals surface area contributed by atoms with E-state index in [0.29, 0.717) is 12.5 Å². The molecule has 2 rings (SSSR count). The minimum atomic E-state index is -0.574. The summed E-state index contributed by atoms with van der Waals surface area (Å²) in [5.74, 6) is 1.98. The van der Waals surface area contributed by atoms with Crippen LogP contribution in [0.15, 0.2) is 24.3 Å². The van der Waals surface area contributed by atoms with Crippen LogP contribution in [0.4, 0.5) is 0 Å². The van der Waals surface area contributed by atoms with Gasteiger partial charge in [0, 0.05) is 0 Å². The van der Waals surface area contributed by atoms with E-state index < -0.39 is 6.48 Å². The number of hydrogen-bond acceptors (Lipinski definition) is 3. The van der Waals surface area contributed by atoms with Crippen LogP contribution in [-0.2, 0) is 4.74 Å². The lowest BCUT2D eigenvalue weighted by Crippen LogP contribution is -2.24. The van der Waals surface area contributed by atoms with Crippen LogP contribution >= 0.6 is 0 Å². The van der Waals surface area contributed by atoms with Gasteiger partial charge >= 0.3 is 6.48 Å².